The number of hydrogen-bond acceptors (Lipinski definition) is 5. The van der Waals surface area contributed by atoms with Gasteiger partial charge in [0.2, 0.25) is 5.91 Å². The van der Waals surface area contributed by atoms with E-state index in [0.717, 1.165) is 9.13 Å². The van der Waals surface area contributed by atoms with Crippen molar-refractivity contribution < 1.29 is 9.59 Å². The lowest BCUT2D eigenvalue weighted by Gasteiger charge is -2.10. The van der Waals surface area contributed by atoms with Gasteiger partial charge in [0.1, 0.15) is 6.54 Å². The summed E-state index contributed by atoms with van der Waals surface area (Å²) < 4.78 is 2.06. The second kappa shape index (κ2) is 7.83. The molecule has 3 rings (SSSR count). The lowest BCUT2D eigenvalue weighted by atomic mass is 10.2. The van der Waals surface area contributed by atoms with Crippen molar-refractivity contribution in [3.8, 4) is 0 Å². The van der Waals surface area contributed by atoms with Gasteiger partial charge in [-0.25, -0.2) is 4.79 Å². The fourth-order valence-electron chi connectivity index (χ4n) is 2.37. The molecule has 0 fully saturated rings. The van der Waals surface area contributed by atoms with Crippen molar-refractivity contribution in [3.05, 3.63) is 79.8 Å². The van der Waals surface area contributed by atoms with E-state index in [1.54, 1.807) is 36.4 Å². The van der Waals surface area contributed by atoms with Gasteiger partial charge in [-0.2, -0.15) is 0 Å². The highest BCUT2D eigenvalue weighted by Gasteiger charge is 2.10. The van der Waals surface area contributed by atoms with Crippen LogP contribution in [0.3, 0.4) is 0 Å². The maximum absolute atomic E-state index is 12.2. The lowest BCUT2D eigenvalue weighted by Crippen LogP contribution is -2.38. The van der Waals surface area contributed by atoms with Gasteiger partial charge in [-0.1, -0.05) is 12.1 Å². The van der Waals surface area contributed by atoms with Crippen LogP contribution in [0.2, 0.25) is 0 Å². The van der Waals surface area contributed by atoms with Crippen LogP contribution < -0.4 is 21.9 Å². The summed E-state index contributed by atoms with van der Waals surface area (Å²) in [6.07, 6.45) is 1.28. The van der Waals surface area contributed by atoms with Crippen LogP contribution in [0, 0.1) is 0 Å². The molecule has 138 valence electrons. The standard InChI is InChI=1S/C18H16N4O4S/c1-21-16(24)7-8-22(18(21)26)11-15(23)19-12-4-2-5-13(10-12)20-17(25)14-6-3-9-27-14/h2-10H,11H2,1H3,(H,19,23)(H,20,25). The molecule has 0 saturated heterocycles. The van der Waals surface area contributed by atoms with Gasteiger partial charge < -0.3 is 10.6 Å². The average Bonchev–Trinajstić information content (AvgIpc) is 3.17. The zero-order chi connectivity index (χ0) is 19.4. The Morgan fingerprint density at radius 3 is 2.48 bits per heavy atom. The summed E-state index contributed by atoms with van der Waals surface area (Å²) in [7, 11) is 1.35. The third-order valence-corrected chi connectivity index (χ3v) is 4.59. The van der Waals surface area contributed by atoms with E-state index < -0.39 is 17.2 Å². The Kier molecular flexibility index (Phi) is 5.32. The van der Waals surface area contributed by atoms with E-state index in [4.69, 9.17) is 0 Å². The van der Waals surface area contributed by atoms with Crippen LogP contribution in [-0.4, -0.2) is 20.9 Å². The molecule has 0 saturated carbocycles. The molecule has 0 radical (unpaired) electrons. The van der Waals surface area contributed by atoms with Gasteiger partial charge in [0.15, 0.2) is 0 Å². The average molecular weight is 384 g/mol. The SMILES string of the molecule is Cn1c(=O)ccn(CC(=O)Nc2cccc(NC(=O)c3cccs3)c2)c1=O. The second-order valence-corrected chi connectivity index (χ2v) is 6.63. The minimum absolute atomic E-state index is 0.231. The highest BCUT2D eigenvalue weighted by atomic mass is 32.1. The molecular weight excluding hydrogens is 368 g/mol. The second-order valence-electron chi connectivity index (χ2n) is 5.68. The van der Waals surface area contributed by atoms with Crippen molar-refractivity contribution in [1.29, 1.82) is 0 Å². The molecule has 2 aromatic heterocycles. The van der Waals surface area contributed by atoms with Crippen molar-refractivity contribution in [1.82, 2.24) is 9.13 Å². The summed E-state index contributed by atoms with van der Waals surface area (Å²) in [6, 6.07) is 11.4. The smallest absolute Gasteiger partial charge is 0.324 e. The fourth-order valence-corrected chi connectivity index (χ4v) is 2.99. The monoisotopic (exact) mass is 384 g/mol. The molecule has 0 aliphatic carbocycles. The molecule has 0 unspecified atom stereocenters. The normalized spacial score (nSPS) is 10.4. The number of anilines is 2. The molecule has 0 spiro atoms. The van der Waals surface area contributed by atoms with Crippen LogP contribution in [0.25, 0.3) is 0 Å². The third-order valence-electron chi connectivity index (χ3n) is 3.72. The van der Waals surface area contributed by atoms with Crippen molar-refractivity contribution in [2.24, 2.45) is 7.05 Å². The van der Waals surface area contributed by atoms with Crippen LogP contribution in [0.4, 0.5) is 11.4 Å². The molecule has 1 aromatic carbocycles. The summed E-state index contributed by atoms with van der Waals surface area (Å²) in [5, 5.41) is 7.24. The van der Waals surface area contributed by atoms with Gasteiger partial charge in [0, 0.05) is 30.7 Å². The van der Waals surface area contributed by atoms with E-state index in [0.29, 0.717) is 16.3 Å². The highest BCUT2D eigenvalue weighted by Crippen LogP contribution is 2.17. The first-order valence-corrected chi connectivity index (χ1v) is 8.83. The number of aromatic nitrogens is 2. The van der Waals surface area contributed by atoms with E-state index in [-0.39, 0.29) is 12.5 Å². The molecule has 0 bridgehead atoms. The van der Waals surface area contributed by atoms with Crippen LogP contribution in [0.15, 0.2) is 63.6 Å². The Hall–Kier alpha value is -3.46. The number of benzene rings is 1. The van der Waals surface area contributed by atoms with Crippen LogP contribution in [-0.2, 0) is 18.4 Å². The first kappa shape index (κ1) is 18.3. The number of rotatable bonds is 5. The number of nitrogens with zero attached hydrogens (tertiary/aromatic N) is 2. The van der Waals surface area contributed by atoms with Gasteiger partial charge in [-0.3, -0.25) is 23.5 Å². The molecule has 2 N–H and O–H groups in total. The Balaban J connectivity index is 1.68. The van der Waals surface area contributed by atoms with Crippen LogP contribution in [0.5, 0.6) is 0 Å². The van der Waals surface area contributed by atoms with Crippen LogP contribution >= 0.6 is 11.3 Å². The number of hydrogen-bond donors (Lipinski definition) is 2. The maximum Gasteiger partial charge on any atom is 0.331 e. The molecule has 3 aromatic rings. The van der Waals surface area contributed by atoms with Gasteiger partial charge in [-0.15, -0.1) is 11.3 Å². The summed E-state index contributed by atoms with van der Waals surface area (Å²) in [5.74, 6) is -0.664. The van der Waals surface area contributed by atoms with Gasteiger partial charge >= 0.3 is 5.69 Å². The van der Waals surface area contributed by atoms with Gasteiger partial charge in [0.05, 0.1) is 4.88 Å². The molecular formula is C18H16N4O4S. The number of carbonyl (C=O) groups is 2. The van der Waals surface area contributed by atoms with Crippen molar-refractivity contribution in [3.63, 3.8) is 0 Å². The minimum atomic E-state index is -0.574. The number of amides is 2. The van der Waals surface area contributed by atoms with Crippen molar-refractivity contribution >= 4 is 34.5 Å². The third kappa shape index (κ3) is 4.39. The fraction of sp³-hybridized carbons (Fsp3) is 0.111. The maximum atomic E-state index is 12.2. The Morgan fingerprint density at radius 1 is 1.04 bits per heavy atom. The predicted octanol–water partition coefficient (Wildman–Crippen LogP) is 1.50. The first-order chi connectivity index (χ1) is 12.9. The van der Waals surface area contributed by atoms with E-state index in [1.165, 1.54) is 30.6 Å². The number of carbonyl (C=O) groups excluding carboxylic acids is 2. The van der Waals surface area contributed by atoms with E-state index in [2.05, 4.69) is 10.6 Å². The van der Waals surface area contributed by atoms with E-state index >= 15 is 0 Å². The summed E-state index contributed by atoms with van der Waals surface area (Å²) >= 11 is 1.33. The molecule has 0 atom stereocenters. The first-order valence-electron chi connectivity index (χ1n) is 7.95. The zero-order valence-corrected chi connectivity index (χ0v) is 15.2. The van der Waals surface area contributed by atoms with Crippen molar-refractivity contribution in [2.45, 2.75) is 6.54 Å². The topological polar surface area (TPSA) is 102 Å². The van der Waals surface area contributed by atoms with Crippen LogP contribution in [0.1, 0.15) is 9.67 Å². The number of nitrogens with one attached hydrogen (secondary N) is 2. The molecule has 2 heterocycles. The molecule has 2 amide bonds. The molecule has 27 heavy (non-hydrogen) atoms. The van der Waals surface area contributed by atoms with Gasteiger partial charge in [0.25, 0.3) is 11.5 Å². The largest absolute Gasteiger partial charge is 0.331 e. The lowest BCUT2D eigenvalue weighted by molar-refractivity contribution is -0.116. The summed E-state index contributed by atoms with van der Waals surface area (Å²) in [4.78, 5) is 48.2. The van der Waals surface area contributed by atoms with E-state index in [1.807, 2.05) is 5.38 Å². The molecule has 8 nitrogen and oxygen atoms in total. The predicted molar refractivity (Wildman–Crippen MR) is 103 cm³/mol. The molecule has 0 aliphatic heterocycles. The Labute approximate surface area is 157 Å². The van der Waals surface area contributed by atoms with E-state index in [9.17, 15) is 19.2 Å². The summed E-state index contributed by atoms with van der Waals surface area (Å²) in [6.45, 7) is -0.237. The highest BCUT2D eigenvalue weighted by molar-refractivity contribution is 7.12. The Morgan fingerprint density at radius 2 is 1.78 bits per heavy atom. The number of thiophene rings is 1. The Bertz CT molecular complexity index is 1100. The molecule has 9 heteroatoms. The molecule has 0 aliphatic rings. The quantitative estimate of drug-likeness (QED) is 0.696. The van der Waals surface area contributed by atoms with Gasteiger partial charge in [-0.05, 0) is 29.6 Å². The van der Waals surface area contributed by atoms with Crippen molar-refractivity contribution in [2.75, 3.05) is 10.6 Å². The zero-order valence-electron chi connectivity index (χ0n) is 14.3. The summed E-state index contributed by atoms with van der Waals surface area (Å²) in [5.41, 5.74) is -0.00669. The minimum Gasteiger partial charge on any atom is -0.324 e.